The summed E-state index contributed by atoms with van der Waals surface area (Å²) in [6, 6.07) is 0. The van der Waals surface area contributed by atoms with Gasteiger partial charge < -0.3 is 0 Å². The van der Waals surface area contributed by atoms with Gasteiger partial charge in [0.15, 0.2) is 0 Å². The topological polar surface area (TPSA) is 0 Å². The molecule has 2 aliphatic carbocycles. The third kappa shape index (κ3) is 0.218. The van der Waals surface area contributed by atoms with E-state index in [1.54, 1.807) is 11.4 Å². The van der Waals surface area contributed by atoms with Crippen LogP contribution >= 0.6 is 0 Å². The second kappa shape index (κ2) is 0.992. The number of piperazine rings is 1. The van der Waals surface area contributed by atoms with Gasteiger partial charge in [-0.05, 0) is 0 Å². The molecule has 2 nitrogen and oxygen atoms in total. The summed E-state index contributed by atoms with van der Waals surface area (Å²) in [5, 5.41) is 0. The molecule has 0 aromatic heterocycles. The Morgan fingerprint density at radius 3 is 1.58 bits per heavy atom. The molecule has 4 aliphatic rings. The highest BCUT2D eigenvalue weighted by atomic mass is 15.8. The van der Waals surface area contributed by atoms with Crippen LogP contribution in [0.1, 0.15) is 12.8 Å². The molecule has 12 heavy (non-hydrogen) atoms. The first-order valence-corrected chi connectivity index (χ1v) is 4.89. The Bertz CT molecular complexity index is 345. The predicted molar refractivity (Wildman–Crippen MR) is 45.9 cm³/mol. The van der Waals surface area contributed by atoms with Crippen LogP contribution in [0.4, 0.5) is 0 Å². The predicted octanol–water partition coefficient (Wildman–Crippen LogP) is 0.663. The van der Waals surface area contributed by atoms with Crippen molar-refractivity contribution in [1.29, 1.82) is 0 Å². The fourth-order valence-electron chi connectivity index (χ4n) is 4.91. The minimum Gasteiger partial charge on any atom is -0.290 e. The van der Waals surface area contributed by atoms with Crippen molar-refractivity contribution >= 4 is 0 Å². The minimum absolute atomic E-state index is 0.659. The monoisotopic (exact) mass is 164 g/mol. The summed E-state index contributed by atoms with van der Waals surface area (Å²) in [5.74, 6) is 0. The third-order valence-corrected chi connectivity index (χ3v) is 5.47. The van der Waals surface area contributed by atoms with E-state index in [9.17, 15) is 0 Å². The fraction of sp³-hybridized carbons (Fsp3) is 0.800. The van der Waals surface area contributed by atoms with Crippen molar-refractivity contribution < 1.29 is 8.97 Å². The number of hydrogen-bond donors (Lipinski definition) is 0. The van der Waals surface area contributed by atoms with Crippen LogP contribution in [0.5, 0.6) is 0 Å². The first-order chi connectivity index (χ1) is 5.45. The number of hydrogen-bond acceptors (Lipinski definition) is 0. The summed E-state index contributed by atoms with van der Waals surface area (Å²) in [6.07, 6.45) is 2.92. The highest BCUT2D eigenvalue weighted by Crippen LogP contribution is 2.92. The average molecular weight is 164 g/mol. The van der Waals surface area contributed by atoms with Crippen molar-refractivity contribution in [2.45, 2.75) is 23.9 Å². The summed E-state index contributed by atoms with van der Waals surface area (Å²) in [4.78, 5) is 0. The number of rotatable bonds is 0. The quantitative estimate of drug-likeness (QED) is 0.364. The van der Waals surface area contributed by atoms with Crippen molar-refractivity contribution in [3.8, 4) is 0 Å². The van der Waals surface area contributed by atoms with E-state index in [-0.39, 0.29) is 0 Å². The molecule has 0 aromatic carbocycles. The summed E-state index contributed by atoms with van der Waals surface area (Å²) in [7, 11) is 9.54. The van der Waals surface area contributed by atoms with Gasteiger partial charge in [-0.15, -0.1) is 0 Å². The molecule has 2 aliphatic heterocycles. The van der Waals surface area contributed by atoms with Crippen LogP contribution in [-0.2, 0) is 0 Å². The van der Waals surface area contributed by atoms with Gasteiger partial charge in [-0.2, -0.15) is 0 Å². The normalized spacial score (nSPS) is 59.0. The molecule has 0 spiro atoms. The second-order valence-electron chi connectivity index (χ2n) is 5.82. The minimum atomic E-state index is 0.659. The van der Waals surface area contributed by atoms with E-state index in [0.717, 1.165) is 0 Å². The molecule has 4 rings (SSSR count). The third-order valence-electron chi connectivity index (χ3n) is 5.47. The number of likely N-dealkylation sites (tertiary alicyclic amines) is 2. The van der Waals surface area contributed by atoms with E-state index in [0.29, 0.717) is 11.1 Å². The lowest BCUT2D eigenvalue weighted by atomic mass is 9.66. The van der Waals surface area contributed by atoms with Crippen LogP contribution in [0.2, 0.25) is 0 Å². The Morgan fingerprint density at radius 2 is 1.33 bits per heavy atom. The maximum atomic E-state index is 2.42. The van der Waals surface area contributed by atoms with E-state index in [1.807, 2.05) is 0 Å². The van der Waals surface area contributed by atoms with Gasteiger partial charge in [0.05, 0.1) is 28.2 Å². The molecular weight excluding hydrogens is 148 g/mol. The molecule has 2 atom stereocenters. The molecule has 0 aromatic rings. The molecular formula is C10H16N2+2. The molecule has 0 radical (unpaired) electrons. The highest BCUT2D eigenvalue weighted by Gasteiger charge is 3.14. The Kier molecular flexibility index (Phi) is 0.510. The molecule has 2 heterocycles. The first-order valence-electron chi connectivity index (χ1n) is 4.89. The molecule has 2 unspecified atom stereocenters. The number of quaternary nitrogens is 2. The molecule has 1 saturated heterocycles. The summed E-state index contributed by atoms with van der Waals surface area (Å²) in [5.41, 5.74) is 4.90. The van der Waals surface area contributed by atoms with Crippen LogP contribution in [0, 0.1) is 0 Å². The largest absolute Gasteiger partial charge is 0.290 e. The van der Waals surface area contributed by atoms with Crippen LogP contribution in [0.15, 0.2) is 11.4 Å². The summed E-state index contributed by atoms with van der Waals surface area (Å²) >= 11 is 0. The smallest absolute Gasteiger partial charge is 0.247 e. The highest BCUT2D eigenvalue weighted by molar-refractivity contribution is 5.64. The van der Waals surface area contributed by atoms with Gasteiger partial charge in [0.25, 0.3) is 0 Å². The van der Waals surface area contributed by atoms with Gasteiger partial charge in [-0.1, -0.05) is 0 Å². The van der Waals surface area contributed by atoms with Crippen molar-refractivity contribution in [3.05, 3.63) is 11.4 Å². The van der Waals surface area contributed by atoms with Crippen LogP contribution < -0.4 is 0 Å². The fourth-order valence-corrected chi connectivity index (χ4v) is 4.91. The standard InChI is InChI=1S/C10H16N2/c1-11(2)7-8(11)10-6-5-9(7,10)12(10,3)4/h5-6H2,1-4H3/q+2. The van der Waals surface area contributed by atoms with Gasteiger partial charge in [-0.3, -0.25) is 4.48 Å². The molecule has 64 valence electrons. The lowest BCUT2D eigenvalue weighted by Gasteiger charge is -2.17. The van der Waals surface area contributed by atoms with Gasteiger partial charge >= 0.3 is 0 Å². The maximum absolute atomic E-state index is 2.42. The molecule has 2 fully saturated rings. The Balaban J connectivity index is 1.94. The van der Waals surface area contributed by atoms with E-state index in [1.165, 1.54) is 21.8 Å². The number of likely N-dealkylation sites (N-methyl/N-ethyl adjacent to an activating group) is 2. The summed E-state index contributed by atoms with van der Waals surface area (Å²) in [6.45, 7) is 0. The molecule has 0 amide bonds. The van der Waals surface area contributed by atoms with E-state index in [4.69, 9.17) is 0 Å². The lowest BCUT2D eigenvalue weighted by Crippen LogP contribution is -2.40. The lowest BCUT2D eigenvalue weighted by molar-refractivity contribution is -0.844. The van der Waals surface area contributed by atoms with E-state index >= 15 is 0 Å². The van der Waals surface area contributed by atoms with E-state index < -0.39 is 0 Å². The van der Waals surface area contributed by atoms with Gasteiger partial charge in [0, 0.05) is 12.8 Å². The summed E-state index contributed by atoms with van der Waals surface area (Å²) < 4.78 is 2.48. The van der Waals surface area contributed by atoms with Crippen LogP contribution in [0.3, 0.4) is 0 Å². The SMILES string of the molecule is C[N+]1(C)C2=C1C13CCC21[N+]3(C)C. The van der Waals surface area contributed by atoms with Gasteiger partial charge in [-0.25, -0.2) is 4.48 Å². The second-order valence-corrected chi connectivity index (χ2v) is 5.82. The maximum Gasteiger partial charge on any atom is 0.247 e. The van der Waals surface area contributed by atoms with Crippen molar-refractivity contribution in [3.63, 3.8) is 0 Å². The van der Waals surface area contributed by atoms with Crippen molar-refractivity contribution in [1.82, 2.24) is 0 Å². The zero-order valence-corrected chi connectivity index (χ0v) is 8.31. The zero-order chi connectivity index (χ0) is 8.57. The molecule has 1 saturated carbocycles. The molecule has 0 N–H and O–H groups in total. The van der Waals surface area contributed by atoms with Crippen molar-refractivity contribution in [2.24, 2.45) is 0 Å². The Hall–Kier alpha value is -0.340. The van der Waals surface area contributed by atoms with Gasteiger partial charge in [0.2, 0.25) is 22.5 Å². The van der Waals surface area contributed by atoms with Crippen molar-refractivity contribution in [2.75, 3.05) is 28.2 Å². The average Bonchev–Trinajstić information content (AvgIpc) is 2.47. The number of nitrogens with zero attached hydrogens (tertiary/aromatic N) is 2. The first kappa shape index (κ1) is 6.17. The van der Waals surface area contributed by atoms with Crippen LogP contribution in [-0.4, -0.2) is 48.2 Å². The zero-order valence-electron chi connectivity index (χ0n) is 8.31. The Morgan fingerprint density at radius 1 is 0.917 bits per heavy atom. The van der Waals surface area contributed by atoms with Crippen LogP contribution in [0.25, 0.3) is 0 Å². The molecule has 0 bridgehead atoms. The van der Waals surface area contributed by atoms with E-state index in [2.05, 4.69) is 28.2 Å². The Labute approximate surface area is 73.3 Å². The van der Waals surface area contributed by atoms with Gasteiger partial charge in [0.1, 0.15) is 0 Å². The molecule has 2 heteroatoms.